The lowest BCUT2D eigenvalue weighted by Crippen LogP contribution is -2.23. The number of carbonyl (C=O) groups is 1. The Hall–Kier alpha value is -3.55. The first kappa shape index (κ1) is 23.2. The van der Waals surface area contributed by atoms with E-state index in [-0.39, 0.29) is 11.7 Å². The summed E-state index contributed by atoms with van der Waals surface area (Å²) in [5, 5.41) is 6.41. The number of sulfone groups is 1. The first-order valence-electron chi connectivity index (χ1n) is 11.3. The molecule has 2 N–H and O–H groups in total. The molecule has 5 rings (SSSR count). The van der Waals surface area contributed by atoms with E-state index in [2.05, 4.69) is 41.0 Å². The minimum Gasteiger partial charge on any atom is -0.354 e. The molecule has 0 fully saturated rings. The maximum atomic E-state index is 12.8. The highest BCUT2D eigenvalue weighted by Gasteiger charge is 2.18. The molecule has 4 aromatic rings. The summed E-state index contributed by atoms with van der Waals surface area (Å²) < 4.78 is 23.9. The lowest BCUT2D eigenvalue weighted by molar-refractivity contribution is 0.0951. The van der Waals surface area contributed by atoms with Crippen LogP contribution in [0.5, 0.6) is 0 Å². The average molecular weight is 501 g/mol. The zero-order valence-electron chi connectivity index (χ0n) is 19.1. The molecule has 0 bridgehead atoms. The van der Waals surface area contributed by atoms with Crippen LogP contribution in [0.15, 0.2) is 106 Å². The van der Waals surface area contributed by atoms with Gasteiger partial charge in [-0.05, 0) is 59.2 Å². The van der Waals surface area contributed by atoms with Crippen LogP contribution in [0, 0.1) is 0 Å². The topological polar surface area (TPSA) is 75.3 Å². The number of anilines is 2. The van der Waals surface area contributed by atoms with Gasteiger partial charge in [0.15, 0.2) is 9.84 Å². The summed E-state index contributed by atoms with van der Waals surface area (Å²) in [4.78, 5) is 15.3. The third-order valence-electron chi connectivity index (χ3n) is 5.93. The Labute approximate surface area is 209 Å². The van der Waals surface area contributed by atoms with E-state index in [0.717, 1.165) is 37.9 Å². The highest BCUT2D eigenvalue weighted by molar-refractivity contribution is 7.99. The molecule has 35 heavy (non-hydrogen) atoms. The smallest absolute Gasteiger partial charge is 0.251 e. The van der Waals surface area contributed by atoms with Crippen molar-refractivity contribution in [3.8, 4) is 11.1 Å². The van der Waals surface area contributed by atoms with Crippen LogP contribution >= 0.6 is 11.8 Å². The zero-order chi connectivity index (χ0) is 24.4. The standard InChI is InChI=1S/C28H24N2O3S2/c1-2-35(32,33)23-12-8-19(9-13-23)18-29-28(31)22-11-15-27-25(17-22)30-24-16-21(10-14-26(24)34-27)20-6-4-3-5-7-20/h3-17,30H,2,18H2,1H3,(H,29,31). The summed E-state index contributed by atoms with van der Waals surface area (Å²) in [6.07, 6.45) is 0. The summed E-state index contributed by atoms with van der Waals surface area (Å²) in [5.41, 5.74) is 5.60. The van der Waals surface area contributed by atoms with E-state index in [1.807, 2.05) is 36.4 Å². The Balaban J connectivity index is 1.29. The summed E-state index contributed by atoms with van der Waals surface area (Å²) in [6, 6.07) is 28.9. The first-order chi connectivity index (χ1) is 16.9. The van der Waals surface area contributed by atoms with Crippen LogP contribution in [0.3, 0.4) is 0 Å². The number of rotatable bonds is 6. The molecule has 5 nitrogen and oxygen atoms in total. The van der Waals surface area contributed by atoms with Crippen molar-refractivity contribution in [2.75, 3.05) is 11.1 Å². The number of amides is 1. The van der Waals surface area contributed by atoms with Gasteiger partial charge in [0.1, 0.15) is 0 Å². The van der Waals surface area contributed by atoms with E-state index >= 15 is 0 Å². The van der Waals surface area contributed by atoms with Crippen molar-refractivity contribution < 1.29 is 13.2 Å². The van der Waals surface area contributed by atoms with Gasteiger partial charge >= 0.3 is 0 Å². The van der Waals surface area contributed by atoms with Crippen molar-refractivity contribution in [2.45, 2.75) is 28.2 Å². The monoisotopic (exact) mass is 500 g/mol. The van der Waals surface area contributed by atoms with Crippen molar-refractivity contribution in [2.24, 2.45) is 0 Å². The molecule has 0 aliphatic carbocycles. The Morgan fingerprint density at radius 3 is 2.23 bits per heavy atom. The van der Waals surface area contributed by atoms with Crippen molar-refractivity contribution in [3.05, 3.63) is 102 Å². The Morgan fingerprint density at radius 1 is 0.829 bits per heavy atom. The number of benzene rings is 4. The van der Waals surface area contributed by atoms with Crippen LogP contribution in [0.25, 0.3) is 11.1 Å². The molecule has 176 valence electrons. The van der Waals surface area contributed by atoms with E-state index in [9.17, 15) is 13.2 Å². The fraction of sp³-hybridized carbons (Fsp3) is 0.107. The fourth-order valence-corrected chi connectivity index (χ4v) is 5.75. The number of fused-ring (bicyclic) bond motifs is 2. The second kappa shape index (κ2) is 9.60. The van der Waals surface area contributed by atoms with E-state index in [1.165, 1.54) is 0 Å². The number of carbonyl (C=O) groups excluding carboxylic acids is 1. The molecule has 0 unspecified atom stereocenters. The molecule has 0 aromatic heterocycles. The summed E-state index contributed by atoms with van der Waals surface area (Å²) in [5.74, 6) is -0.125. The third-order valence-corrected chi connectivity index (χ3v) is 8.84. The van der Waals surface area contributed by atoms with Crippen LogP contribution in [0.1, 0.15) is 22.8 Å². The molecular weight excluding hydrogens is 476 g/mol. The van der Waals surface area contributed by atoms with Crippen LogP contribution in [0.2, 0.25) is 0 Å². The molecule has 0 atom stereocenters. The fourth-order valence-electron chi connectivity index (χ4n) is 3.91. The second-order valence-corrected chi connectivity index (χ2v) is 11.6. The number of nitrogens with one attached hydrogen (secondary N) is 2. The number of hydrogen-bond donors (Lipinski definition) is 2. The summed E-state index contributed by atoms with van der Waals surface area (Å²) >= 11 is 1.68. The average Bonchev–Trinajstić information content (AvgIpc) is 2.90. The van der Waals surface area contributed by atoms with Gasteiger partial charge < -0.3 is 10.6 Å². The van der Waals surface area contributed by atoms with Crippen molar-refractivity contribution in [1.82, 2.24) is 5.32 Å². The van der Waals surface area contributed by atoms with Crippen molar-refractivity contribution >= 4 is 38.9 Å². The quantitative estimate of drug-likeness (QED) is 0.287. The number of hydrogen-bond acceptors (Lipinski definition) is 5. The zero-order valence-corrected chi connectivity index (χ0v) is 20.7. The van der Waals surface area contributed by atoms with Gasteiger partial charge in [-0.1, -0.05) is 67.2 Å². The SMILES string of the molecule is CCS(=O)(=O)c1ccc(CNC(=O)c2ccc3c(c2)Nc2cc(-c4ccccc4)ccc2S3)cc1. The van der Waals surface area contributed by atoms with Crippen LogP contribution in [-0.4, -0.2) is 20.1 Å². The third kappa shape index (κ3) is 4.97. The Bertz CT molecular complexity index is 1500. The largest absolute Gasteiger partial charge is 0.354 e. The molecule has 1 aliphatic rings. The highest BCUT2D eigenvalue weighted by atomic mass is 32.2. The molecule has 0 saturated carbocycles. The molecule has 1 aliphatic heterocycles. The van der Waals surface area contributed by atoms with Gasteiger partial charge in [0, 0.05) is 21.9 Å². The minimum absolute atomic E-state index is 0.0613. The first-order valence-corrected chi connectivity index (χ1v) is 13.8. The molecule has 0 spiro atoms. The van der Waals surface area contributed by atoms with Crippen LogP contribution in [0.4, 0.5) is 11.4 Å². The lowest BCUT2D eigenvalue weighted by atomic mass is 10.0. The van der Waals surface area contributed by atoms with Gasteiger partial charge in [0.25, 0.3) is 5.91 Å². The molecule has 7 heteroatoms. The normalized spacial score (nSPS) is 12.3. The summed E-state index contributed by atoms with van der Waals surface area (Å²) in [7, 11) is -3.23. The molecule has 4 aromatic carbocycles. The predicted molar refractivity (Wildman–Crippen MR) is 141 cm³/mol. The van der Waals surface area contributed by atoms with Crippen LogP contribution < -0.4 is 10.6 Å². The van der Waals surface area contributed by atoms with E-state index in [1.54, 1.807) is 43.0 Å². The molecular formula is C28H24N2O3S2. The maximum Gasteiger partial charge on any atom is 0.251 e. The van der Waals surface area contributed by atoms with E-state index in [4.69, 9.17) is 0 Å². The van der Waals surface area contributed by atoms with E-state index < -0.39 is 9.84 Å². The molecule has 1 heterocycles. The van der Waals surface area contributed by atoms with Crippen molar-refractivity contribution in [3.63, 3.8) is 0 Å². The van der Waals surface area contributed by atoms with Gasteiger partial charge in [-0.2, -0.15) is 0 Å². The predicted octanol–water partition coefficient (Wildman–Crippen LogP) is 6.29. The van der Waals surface area contributed by atoms with Gasteiger partial charge in [-0.25, -0.2) is 8.42 Å². The maximum absolute atomic E-state index is 12.8. The van der Waals surface area contributed by atoms with Gasteiger partial charge in [0.2, 0.25) is 0 Å². The van der Waals surface area contributed by atoms with Gasteiger partial charge in [-0.15, -0.1) is 0 Å². The highest BCUT2D eigenvalue weighted by Crippen LogP contribution is 2.45. The Kier molecular flexibility index (Phi) is 6.36. The van der Waals surface area contributed by atoms with Gasteiger partial charge in [0.05, 0.1) is 22.0 Å². The van der Waals surface area contributed by atoms with Crippen LogP contribution in [-0.2, 0) is 16.4 Å². The molecule has 0 radical (unpaired) electrons. The lowest BCUT2D eigenvalue weighted by Gasteiger charge is -2.22. The van der Waals surface area contributed by atoms with Gasteiger partial charge in [-0.3, -0.25) is 4.79 Å². The van der Waals surface area contributed by atoms with Crippen molar-refractivity contribution in [1.29, 1.82) is 0 Å². The minimum atomic E-state index is -3.23. The van der Waals surface area contributed by atoms with E-state index in [0.29, 0.717) is 17.0 Å². The Morgan fingerprint density at radius 2 is 1.51 bits per heavy atom. The molecule has 1 amide bonds. The summed E-state index contributed by atoms with van der Waals surface area (Å²) in [6.45, 7) is 1.93. The molecule has 0 saturated heterocycles. The second-order valence-electron chi connectivity index (χ2n) is 8.25.